The maximum atomic E-state index is 13.1. The van der Waals surface area contributed by atoms with Gasteiger partial charge in [0.25, 0.3) is 10.0 Å². The van der Waals surface area contributed by atoms with E-state index in [0.29, 0.717) is 20.0 Å². The summed E-state index contributed by atoms with van der Waals surface area (Å²) in [5, 5.41) is 9.42. The van der Waals surface area contributed by atoms with Crippen molar-refractivity contribution < 1.29 is 36.3 Å². The number of carbonyl (C=O) groups excluding carboxylic acids is 1. The van der Waals surface area contributed by atoms with E-state index in [4.69, 9.17) is 4.74 Å². The van der Waals surface area contributed by atoms with Gasteiger partial charge < -0.3 is 14.4 Å². The van der Waals surface area contributed by atoms with Crippen LogP contribution in [0.2, 0.25) is 0 Å². The van der Waals surface area contributed by atoms with Crippen LogP contribution in [-0.4, -0.2) is 45.0 Å². The van der Waals surface area contributed by atoms with Gasteiger partial charge in [-0.15, -0.1) is 6.58 Å². The Kier molecular flexibility index (Phi) is 6.79. The van der Waals surface area contributed by atoms with E-state index in [9.17, 15) is 31.5 Å². The molecule has 0 aliphatic carbocycles. The lowest BCUT2D eigenvalue weighted by Crippen LogP contribution is -2.47. The lowest BCUT2D eigenvalue weighted by molar-refractivity contribution is -0.132. The predicted molar refractivity (Wildman–Crippen MR) is 133 cm³/mol. The Labute approximate surface area is 215 Å². The minimum Gasteiger partial charge on any atom is -0.477 e. The van der Waals surface area contributed by atoms with Crippen LogP contribution in [0.4, 0.5) is 5.69 Å². The van der Waals surface area contributed by atoms with Crippen molar-refractivity contribution in [3.8, 4) is 17.0 Å². The number of carboxylic acid groups (broad SMARTS) is 1. The number of hydrogen-bond acceptors (Lipinski definition) is 7. The molecule has 36 heavy (non-hydrogen) atoms. The molecule has 0 saturated carbocycles. The Bertz CT molecular complexity index is 1610. The lowest BCUT2D eigenvalue weighted by Gasteiger charge is -2.26. The number of carboxylic acids is 1. The van der Waals surface area contributed by atoms with Crippen LogP contribution in [0, 0.1) is 0 Å². The summed E-state index contributed by atoms with van der Waals surface area (Å²) < 4.78 is 61.4. The summed E-state index contributed by atoms with van der Waals surface area (Å²) in [4.78, 5) is 23.3. The molecular formula is C22H18BrN3O8S2. The molecule has 3 aromatic rings. The third-order valence-corrected chi connectivity index (χ3v) is 9.29. The number of ether oxygens (including phenoxy) is 1. The van der Waals surface area contributed by atoms with E-state index in [1.54, 1.807) is 10.2 Å². The molecule has 0 amide bonds. The van der Waals surface area contributed by atoms with Gasteiger partial charge in [0.05, 0.1) is 15.1 Å². The number of nitrogens with zero attached hydrogens (tertiary/aromatic N) is 2. The van der Waals surface area contributed by atoms with Crippen molar-refractivity contribution in [2.75, 3.05) is 10.8 Å². The molecule has 2 N–H and O–H groups in total. The van der Waals surface area contributed by atoms with Crippen LogP contribution in [0.5, 0.6) is 5.75 Å². The second-order valence-electron chi connectivity index (χ2n) is 7.52. The summed E-state index contributed by atoms with van der Waals surface area (Å²) in [5.41, 5.74) is 0.741. The number of halogens is 1. The molecule has 5 rings (SSSR count). The molecule has 1 aromatic heterocycles. The van der Waals surface area contributed by atoms with E-state index in [2.05, 4.69) is 22.5 Å². The fourth-order valence-electron chi connectivity index (χ4n) is 3.60. The molecule has 188 valence electrons. The van der Waals surface area contributed by atoms with E-state index in [0.717, 1.165) is 0 Å². The van der Waals surface area contributed by atoms with Crippen molar-refractivity contribution in [3.05, 3.63) is 77.4 Å². The Balaban J connectivity index is 1.70. The first kappa shape index (κ1) is 25.6. The van der Waals surface area contributed by atoms with Crippen molar-refractivity contribution in [2.45, 2.75) is 11.4 Å². The molecule has 2 bridgehead atoms. The highest BCUT2D eigenvalue weighted by Crippen LogP contribution is 2.33. The van der Waals surface area contributed by atoms with Crippen LogP contribution < -0.4 is 13.2 Å². The number of fused-ring (bicyclic) bond motifs is 5. The van der Waals surface area contributed by atoms with Crippen molar-refractivity contribution in [1.82, 2.24) is 8.69 Å². The second kappa shape index (κ2) is 9.54. The summed E-state index contributed by atoms with van der Waals surface area (Å²) >= 11 is 3.18. The standard InChI is InChI=1S/C22H18BrN3O8S2/c1-2-10-25-18(7-8-19(25)22(28)29)14-4-3-5-16(11-14)35(30,31)24-36(32,33)26-13-21(27)34-20-9-6-15(26)12-17(20)23/h2-9,11-12,24H,1,10,13H2,(H,28,29). The van der Waals surface area contributed by atoms with Gasteiger partial charge in [-0.1, -0.05) is 22.3 Å². The molecule has 0 unspecified atom stereocenters. The van der Waals surface area contributed by atoms with Gasteiger partial charge in [-0.05, 0) is 64.0 Å². The van der Waals surface area contributed by atoms with Gasteiger partial charge in [0.2, 0.25) is 0 Å². The summed E-state index contributed by atoms with van der Waals surface area (Å²) in [7, 11) is -9.44. The molecule has 2 aliphatic heterocycles. The minimum absolute atomic E-state index is 0.0278. The maximum Gasteiger partial charge on any atom is 0.352 e. The Hall–Kier alpha value is -3.46. The number of sulfonamides is 1. The zero-order valence-corrected chi connectivity index (χ0v) is 21.5. The molecule has 0 saturated heterocycles. The van der Waals surface area contributed by atoms with E-state index in [-0.39, 0.29) is 23.7 Å². The molecule has 3 heterocycles. The van der Waals surface area contributed by atoms with E-state index in [1.165, 1.54) is 59.2 Å². The highest BCUT2D eigenvalue weighted by atomic mass is 79.9. The molecule has 11 nitrogen and oxygen atoms in total. The largest absolute Gasteiger partial charge is 0.477 e. The molecule has 2 aromatic carbocycles. The smallest absolute Gasteiger partial charge is 0.352 e. The Morgan fingerprint density at radius 3 is 2.56 bits per heavy atom. The number of benzene rings is 2. The number of rotatable bonds is 8. The molecule has 14 heteroatoms. The number of hydrogen-bond donors (Lipinski definition) is 2. The molecule has 0 fully saturated rings. The van der Waals surface area contributed by atoms with E-state index < -0.39 is 43.6 Å². The van der Waals surface area contributed by atoms with Crippen LogP contribution in [0.25, 0.3) is 11.3 Å². The van der Waals surface area contributed by atoms with Crippen LogP contribution in [-0.2, 0) is 31.6 Å². The normalized spacial score (nSPS) is 13.7. The van der Waals surface area contributed by atoms with Gasteiger partial charge in [-0.2, -0.15) is 8.42 Å². The summed E-state index contributed by atoms with van der Waals surface area (Å²) in [5.74, 6) is -1.88. The number of aromatic carboxylic acids is 1. The van der Waals surface area contributed by atoms with Crippen LogP contribution >= 0.6 is 15.9 Å². The zero-order chi connectivity index (χ0) is 26.3. The van der Waals surface area contributed by atoms with Gasteiger partial charge in [-0.25, -0.2) is 22.3 Å². The van der Waals surface area contributed by atoms with E-state index >= 15 is 0 Å². The number of aromatic nitrogens is 1. The average Bonchev–Trinajstić information content (AvgIpc) is 3.21. The van der Waals surface area contributed by atoms with Gasteiger partial charge in [0, 0.05) is 12.2 Å². The highest BCUT2D eigenvalue weighted by Gasteiger charge is 2.33. The fraction of sp³-hybridized carbons (Fsp3) is 0.0909. The van der Waals surface area contributed by atoms with Crippen molar-refractivity contribution >= 4 is 53.8 Å². The van der Waals surface area contributed by atoms with Crippen LogP contribution in [0.3, 0.4) is 0 Å². The Morgan fingerprint density at radius 1 is 1.14 bits per heavy atom. The summed E-state index contributed by atoms with van der Waals surface area (Å²) in [6, 6.07) is 12.4. The summed E-state index contributed by atoms with van der Waals surface area (Å²) in [6.07, 6.45) is 1.49. The van der Waals surface area contributed by atoms with Gasteiger partial charge in [0.1, 0.15) is 18.0 Å². The number of anilines is 1. The third-order valence-electron chi connectivity index (χ3n) is 5.16. The quantitative estimate of drug-likeness (QED) is 0.229. The zero-order valence-electron chi connectivity index (χ0n) is 18.3. The van der Waals surface area contributed by atoms with Crippen LogP contribution in [0.1, 0.15) is 10.5 Å². The first-order valence-corrected chi connectivity index (χ1v) is 13.9. The van der Waals surface area contributed by atoms with Crippen molar-refractivity contribution in [3.63, 3.8) is 0 Å². The molecule has 0 radical (unpaired) electrons. The maximum absolute atomic E-state index is 13.1. The first-order valence-electron chi connectivity index (χ1n) is 10.1. The molecule has 0 spiro atoms. The second-order valence-corrected chi connectivity index (χ2v) is 11.9. The number of nitrogens with one attached hydrogen (secondary N) is 1. The highest BCUT2D eigenvalue weighted by molar-refractivity contribution is 9.10. The van der Waals surface area contributed by atoms with Crippen LogP contribution in [0.15, 0.2) is 76.6 Å². The predicted octanol–water partition coefficient (Wildman–Crippen LogP) is 2.75. The average molecular weight is 596 g/mol. The minimum atomic E-state index is -4.79. The van der Waals surface area contributed by atoms with E-state index in [1.807, 2.05) is 0 Å². The number of esters is 1. The SMILES string of the molecule is C=CCn1c(C(=O)O)ccc1-c1cccc(S(=O)(=O)NS(=O)(=O)N2CC(=O)Oc3ccc2cc3Br)c1. The van der Waals surface area contributed by atoms with Gasteiger partial charge in [0.15, 0.2) is 0 Å². The summed E-state index contributed by atoms with van der Waals surface area (Å²) in [6.45, 7) is 3.01. The number of carbonyl (C=O) groups is 2. The third kappa shape index (κ3) is 4.93. The molecular weight excluding hydrogens is 578 g/mol. The first-order chi connectivity index (χ1) is 16.9. The Morgan fingerprint density at radius 2 is 1.89 bits per heavy atom. The van der Waals surface area contributed by atoms with Gasteiger partial charge in [-0.3, -0.25) is 0 Å². The lowest BCUT2D eigenvalue weighted by atomic mass is 10.1. The topological polar surface area (TPSA) is 152 Å². The fourth-order valence-corrected chi connectivity index (χ4v) is 7.11. The number of allylic oxidation sites excluding steroid dienone is 1. The van der Waals surface area contributed by atoms with Crippen molar-refractivity contribution in [1.29, 1.82) is 0 Å². The van der Waals surface area contributed by atoms with Gasteiger partial charge >= 0.3 is 22.1 Å². The molecule has 2 aliphatic rings. The van der Waals surface area contributed by atoms with Crippen molar-refractivity contribution in [2.24, 2.45) is 0 Å². The molecule has 0 atom stereocenters. The monoisotopic (exact) mass is 595 g/mol.